The molecule has 0 aromatic rings. The van der Waals surface area contributed by atoms with E-state index in [1.807, 2.05) is 0 Å². The molecule has 27 N–H and O–H groups in total. The molecular formula is C36H54BN6O36. The van der Waals surface area contributed by atoms with Crippen LogP contribution in [0.2, 0.25) is 0 Å². The molecule has 0 fully saturated rings. The number of nitrogens with two attached hydrogens (primary N) is 6. The molecule has 42 nitrogen and oxygen atoms in total. The van der Waals surface area contributed by atoms with E-state index in [9.17, 15) is 86.3 Å². The molecule has 0 aliphatic carbocycles. The predicted octanol–water partition coefficient (Wildman–Crippen LogP) is -8.98. The lowest BCUT2D eigenvalue weighted by Gasteiger charge is -2.27. The van der Waals surface area contributed by atoms with Gasteiger partial charge in [0.1, 0.15) is 18.1 Å². The topological polar surface area (TPSA) is 795 Å². The summed E-state index contributed by atoms with van der Waals surface area (Å²) >= 11 is 0. The maximum Gasteiger partial charge on any atom is 0.349 e. The predicted molar refractivity (Wildman–Crippen MR) is 239 cm³/mol. The minimum atomic E-state index is -2.87. The van der Waals surface area contributed by atoms with E-state index >= 15 is 0 Å². The molecule has 0 aromatic heterocycles. The van der Waals surface area contributed by atoms with Crippen LogP contribution >= 0.6 is 0 Å². The second kappa shape index (κ2) is 41.5. The first-order chi connectivity index (χ1) is 35.3. The Hall–Kier alpha value is -9.72. The van der Waals surface area contributed by atoms with Gasteiger partial charge in [0.05, 0.1) is 77.4 Å². The van der Waals surface area contributed by atoms with Crippen molar-refractivity contribution in [3.63, 3.8) is 0 Å². The average Bonchev–Trinajstić information content (AvgIpc) is 3.24. The summed E-state index contributed by atoms with van der Waals surface area (Å²) in [6.07, 6.45) is -10.6. The molecule has 0 heterocycles. The molecule has 3 atom stereocenters. The zero-order valence-corrected chi connectivity index (χ0v) is 40.0. The van der Waals surface area contributed by atoms with Gasteiger partial charge >= 0.3 is 107 Å². The number of aliphatic carboxylic acids is 15. The molecule has 0 saturated carbocycles. The van der Waals surface area contributed by atoms with Crippen LogP contribution in [0.5, 0.6) is 0 Å². The molecule has 0 saturated heterocycles. The number of hydrogen-bond acceptors (Lipinski definition) is 27. The van der Waals surface area contributed by atoms with Crippen molar-refractivity contribution in [1.29, 1.82) is 0 Å². The van der Waals surface area contributed by atoms with Crippen molar-refractivity contribution >= 4 is 116 Å². The Morgan fingerprint density at radius 2 is 0.405 bits per heavy atom. The monoisotopic (exact) mass is 1160 g/mol. The summed E-state index contributed by atoms with van der Waals surface area (Å²) in [5, 5.41) is 127. The maximum absolute atomic E-state index is 11.5. The average molecular weight is 1160 g/mol. The van der Waals surface area contributed by atoms with E-state index in [4.69, 9.17) is 93.8 Å². The second-order valence-electron chi connectivity index (χ2n) is 14.0. The zero-order valence-electron chi connectivity index (χ0n) is 40.0. The van der Waals surface area contributed by atoms with E-state index in [0.717, 1.165) is 0 Å². The number of carbonyl (C=O) groups excluding carboxylic acids is 3. The van der Waals surface area contributed by atoms with Crippen molar-refractivity contribution in [3.8, 4) is 0 Å². The number of ether oxygens (including phenoxy) is 3. The van der Waals surface area contributed by atoms with Gasteiger partial charge in [-0.2, -0.15) is 0 Å². The third-order valence-electron chi connectivity index (χ3n) is 7.29. The lowest BCUT2D eigenvalue weighted by atomic mass is 9.95. The van der Waals surface area contributed by atoms with E-state index in [1.54, 1.807) is 0 Å². The van der Waals surface area contributed by atoms with Gasteiger partial charge in [0, 0.05) is 8.41 Å². The van der Waals surface area contributed by atoms with Gasteiger partial charge in [-0.05, 0) is 0 Å². The third-order valence-corrected chi connectivity index (χ3v) is 7.29. The van der Waals surface area contributed by atoms with E-state index < -0.39 is 200 Å². The zero-order chi connectivity index (χ0) is 63.2. The highest BCUT2D eigenvalue weighted by Crippen LogP contribution is 2.25. The van der Waals surface area contributed by atoms with Gasteiger partial charge in [-0.3, -0.25) is 71.9 Å². The van der Waals surface area contributed by atoms with Crippen LogP contribution in [0.4, 0.5) is 0 Å². The van der Waals surface area contributed by atoms with Crippen LogP contribution in [0.15, 0.2) is 0 Å². The van der Waals surface area contributed by atoms with Crippen LogP contribution in [-0.4, -0.2) is 247 Å². The number of carboxylic acid groups (broad SMARTS) is 15. The Labute approximate surface area is 439 Å². The van der Waals surface area contributed by atoms with E-state index in [-0.39, 0.29) is 28.0 Å². The minimum Gasteiger partial charge on any atom is -0.481 e. The molecule has 0 aromatic carbocycles. The van der Waals surface area contributed by atoms with Crippen LogP contribution in [-0.2, 0) is 101 Å². The molecule has 0 bridgehead atoms. The molecule has 3 radical (unpaired) electrons. The fourth-order valence-corrected chi connectivity index (χ4v) is 4.07. The van der Waals surface area contributed by atoms with E-state index in [2.05, 4.69) is 31.4 Å². The van der Waals surface area contributed by atoms with Crippen LogP contribution in [0.25, 0.3) is 0 Å². The minimum absolute atomic E-state index is 0. The van der Waals surface area contributed by atoms with Crippen molar-refractivity contribution in [2.45, 2.75) is 92.7 Å². The van der Waals surface area contributed by atoms with Crippen LogP contribution < -0.4 is 34.4 Å². The largest absolute Gasteiger partial charge is 0.481 e. The summed E-state index contributed by atoms with van der Waals surface area (Å²) in [5.74, 6) is -28.2. The number of hydrogen-bond donors (Lipinski definition) is 21. The van der Waals surface area contributed by atoms with E-state index in [0.29, 0.717) is 0 Å². The molecule has 43 heteroatoms. The maximum atomic E-state index is 11.5. The summed E-state index contributed by atoms with van der Waals surface area (Å²) < 4.78 is 13.2. The van der Waals surface area contributed by atoms with E-state index in [1.165, 1.54) is 0 Å². The summed E-state index contributed by atoms with van der Waals surface area (Å²) in [4.78, 5) is 191. The Morgan fingerprint density at radius 3 is 0.481 bits per heavy atom. The molecule has 79 heavy (non-hydrogen) atoms. The Kier molecular flexibility index (Phi) is 43.8. The third kappa shape index (κ3) is 43.3. The van der Waals surface area contributed by atoms with Crippen molar-refractivity contribution in [3.05, 3.63) is 0 Å². The molecule has 0 aliphatic heterocycles. The standard InChI is InChI=1S/3C10H13NO10.3C2H5NO2.B/c3*11-4(1-5(12)13)8(18)21-10(9(19)20,2-6(14)15)3-7(16)17;3*3-1-2(4)5;/h3*4H,1-3,11H2,(H,12,13)(H,14,15)(H,16,17)(H,19,20);3*1,3H2,(H,4,5);/t3*4-;;;;/m000..../s1. The first kappa shape index (κ1) is 83.3. The number of rotatable bonds is 30. The summed E-state index contributed by atoms with van der Waals surface area (Å²) in [6.45, 7) is -0.833. The highest BCUT2D eigenvalue weighted by atomic mass is 16.6. The van der Waals surface area contributed by atoms with Gasteiger partial charge in [-0.25, -0.2) is 14.4 Å². The van der Waals surface area contributed by atoms with Gasteiger partial charge in [0.25, 0.3) is 0 Å². The first-order valence-corrected chi connectivity index (χ1v) is 19.7. The van der Waals surface area contributed by atoms with Crippen LogP contribution in [0.3, 0.4) is 0 Å². The van der Waals surface area contributed by atoms with Gasteiger partial charge < -0.3 is 125 Å². The second-order valence-corrected chi connectivity index (χ2v) is 14.0. The fraction of sp³-hybridized carbons (Fsp3) is 0.500. The van der Waals surface area contributed by atoms with Crippen molar-refractivity contribution in [2.24, 2.45) is 34.4 Å². The summed E-state index contributed by atoms with van der Waals surface area (Å²) in [7, 11) is 0. The number of carbonyl (C=O) groups is 18. The lowest BCUT2D eigenvalue weighted by Crippen LogP contribution is -2.50. The lowest BCUT2D eigenvalue weighted by molar-refractivity contribution is -0.187. The highest BCUT2D eigenvalue weighted by molar-refractivity contribution is 5.94. The molecule has 0 rings (SSSR count). The molecule has 0 aliphatic rings. The number of carboxylic acids is 15. The quantitative estimate of drug-likeness (QED) is 0.0180. The van der Waals surface area contributed by atoms with Gasteiger partial charge in [-0.15, -0.1) is 0 Å². The van der Waals surface area contributed by atoms with Crippen LogP contribution in [0.1, 0.15) is 57.8 Å². The van der Waals surface area contributed by atoms with Crippen molar-refractivity contribution in [1.82, 2.24) is 0 Å². The summed E-state index contributed by atoms with van der Waals surface area (Å²) in [6, 6.07) is -5.28. The van der Waals surface area contributed by atoms with Crippen molar-refractivity contribution < 1.29 is 177 Å². The highest BCUT2D eigenvalue weighted by Gasteiger charge is 2.50. The molecule has 447 valence electrons. The van der Waals surface area contributed by atoms with Crippen LogP contribution in [0, 0.1) is 0 Å². The number of esters is 3. The summed E-state index contributed by atoms with van der Waals surface area (Å²) in [5.41, 5.74) is 20.5. The SMILES string of the molecule is NCC(=O)O.NCC(=O)O.NCC(=O)O.N[C@@H](CC(=O)O)C(=O)OC(CC(=O)O)(CC(=O)O)C(=O)O.N[C@@H](CC(=O)O)C(=O)OC(CC(=O)O)(CC(=O)O)C(=O)O.N[C@@H](CC(=O)O)C(=O)OC(CC(=O)O)(CC(=O)O)C(=O)O.[B]. The van der Waals surface area contributed by atoms with Gasteiger partial charge in [-0.1, -0.05) is 0 Å². The first-order valence-electron chi connectivity index (χ1n) is 19.7. The Bertz CT molecular complexity index is 1920. The molecular weight excluding hydrogens is 1100 g/mol. The van der Waals surface area contributed by atoms with Gasteiger partial charge in [0.15, 0.2) is 0 Å². The molecule has 0 unspecified atom stereocenters. The molecule has 0 spiro atoms. The fourth-order valence-electron chi connectivity index (χ4n) is 4.07. The Balaban J connectivity index is -0.000000172. The van der Waals surface area contributed by atoms with Gasteiger partial charge in [0.2, 0.25) is 16.8 Å². The normalized spacial score (nSPS) is 11.2. The van der Waals surface area contributed by atoms with Crippen molar-refractivity contribution in [2.75, 3.05) is 19.6 Å². The smallest absolute Gasteiger partial charge is 0.349 e. The molecule has 0 amide bonds. The Morgan fingerprint density at radius 1 is 0.278 bits per heavy atom.